The van der Waals surface area contributed by atoms with E-state index in [2.05, 4.69) is 50.3 Å². The largest absolute Gasteiger partial charge is 0.481 e. The maximum Gasteiger partial charge on any atom is 0.303 e. The molecule has 162 valence electrons. The van der Waals surface area contributed by atoms with Gasteiger partial charge in [-0.1, -0.05) is 108 Å². The van der Waals surface area contributed by atoms with Gasteiger partial charge in [0.2, 0.25) is 0 Å². The van der Waals surface area contributed by atoms with Crippen molar-refractivity contribution in [1.29, 1.82) is 0 Å². The fourth-order valence-corrected chi connectivity index (χ4v) is 3.40. The third-order valence-electron chi connectivity index (χ3n) is 5.21. The zero-order chi connectivity index (χ0) is 20.7. The average molecular weight is 391 g/mol. The number of allylic oxidation sites excluding steroid dienone is 6. The summed E-state index contributed by atoms with van der Waals surface area (Å²) >= 11 is 0. The van der Waals surface area contributed by atoms with Gasteiger partial charge in [-0.15, -0.1) is 0 Å². The first-order chi connectivity index (χ1) is 13.7. The van der Waals surface area contributed by atoms with Gasteiger partial charge in [0.15, 0.2) is 0 Å². The zero-order valence-corrected chi connectivity index (χ0v) is 18.7. The summed E-state index contributed by atoms with van der Waals surface area (Å²) in [6.07, 6.45) is 32.2. The standard InChI is InChI=1S/C26H46O2/c1-3-5-7-18-22-25(21-6-4-2)23-19-16-14-12-10-8-9-11-13-15-17-20-24-26(27)28/h9-12,16,19,25H,3-8,13-15,17-18,20-24H2,1-2H3,(H,27,28). The fourth-order valence-electron chi connectivity index (χ4n) is 3.40. The Morgan fingerprint density at radius 2 is 1.32 bits per heavy atom. The van der Waals surface area contributed by atoms with Gasteiger partial charge in [0.1, 0.15) is 0 Å². The van der Waals surface area contributed by atoms with E-state index in [-0.39, 0.29) is 0 Å². The zero-order valence-electron chi connectivity index (χ0n) is 18.7. The number of carbonyl (C=O) groups is 1. The number of carboxylic acids is 1. The molecule has 0 aromatic heterocycles. The van der Waals surface area contributed by atoms with E-state index < -0.39 is 5.97 Å². The van der Waals surface area contributed by atoms with Gasteiger partial charge in [-0.25, -0.2) is 0 Å². The van der Waals surface area contributed by atoms with E-state index in [1.165, 1.54) is 57.8 Å². The third kappa shape index (κ3) is 21.0. The first-order valence-electron chi connectivity index (χ1n) is 11.9. The Morgan fingerprint density at radius 1 is 0.714 bits per heavy atom. The van der Waals surface area contributed by atoms with Gasteiger partial charge < -0.3 is 5.11 Å². The summed E-state index contributed by atoms with van der Waals surface area (Å²) in [6, 6.07) is 0. The molecule has 1 N–H and O–H groups in total. The maximum absolute atomic E-state index is 10.4. The number of hydrogen-bond donors (Lipinski definition) is 1. The first-order valence-corrected chi connectivity index (χ1v) is 11.9. The SMILES string of the molecule is CCCCCCC(CC=CCC=CCC=CCCCCCC(=O)O)CCCC. The van der Waals surface area contributed by atoms with Gasteiger partial charge in [-0.2, -0.15) is 0 Å². The topological polar surface area (TPSA) is 37.3 Å². The van der Waals surface area contributed by atoms with Crippen molar-refractivity contribution < 1.29 is 9.90 Å². The molecule has 0 aliphatic rings. The van der Waals surface area contributed by atoms with E-state index in [4.69, 9.17) is 5.11 Å². The molecule has 0 saturated heterocycles. The summed E-state index contributed by atoms with van der Waals surface area (Å²) in [5, 5.41) is 8.58. The second-order valence-electron chi connectivity index (χ2n) is 7.97. The lowest BCUT2D eigenvalue weighted by atomic mass is 9.92. The second-order valence-corrected chi connectivity index (χ2v) is 7.97. The monoisotopic (exact) mass is 390 g/mol. The van der Waals surface area contributed by atoms with Crippen molar-refractivity contribution >= 4 is 5.97 Å². The summed E-state index contributed by atoms with van der Waals surface area (Å²) in [6.45, 7) is 4.58. The van der Waals surface area contributed by atoms with Crippen LogP contribution in [0.3, 0.4) is 0 Å². The Hall–Kier alpha value is -1.31. The molecule has 0 saturated carbocycles. The van der Waals surface area contributed by atoms with Gasteiger partial charge in [-0.05, 0) is 44.4 Å². The molecule has 2 heteroatoms. The van der Waals surface area contributed by atoms with Gasteiger partial charge in [0.25, 0.3) is 0 Å². The highest BCUT2D eigenvalue weighted by atomic mass is 16.4. The quantitative estimate of drug-likeness (QED) is 0.167. The van der Waals surface area contributed by atoms with E-state index >= 15 is 0 Å². The van der Waals surface area contributed by atoms with Crippen LogP contribution in [0.15, 0.2) is 36.5 Å². The molecule has 0 amide bonds. The molecular formula is C26H46O2. The fraction of sp³-hybridized carbons (Fsp3) is 0.731. The van der Waals surface area contributed by atoms with Crippen LogP contribution in [-0.4, -0.2) is 11.1 Å². The molecule has 0 aliphatic carbocycles. The van der Waals surface area contributed by atoms with Gasteiger partial charge in [0.05, 0.1) is 0 Å². The van der Waals surface area contributed by atoms with E-state index in [9.17, 15) is 4.79 Å². The molecule has 0 fully saturated rings. The molecular weight excluding hydrogens is 344 g/mol. The molecule has 0 heterocycles. The van der Waals surface area contributed by atoms with Crippen molar-refractivity contribution in [3.05, 3.63) is 36.5 Å². The molecule has 1 unspecified atom stereocenters. The van der Waals surface area contributed by atoms with Gasteiger partial charge in [-0.3, -0.25) is 4.79 Å². The molecule has 1 atom stereocenters. The number of unbranched alkanes of at least 4 members (excludes halogenated alkanes) is 7. The molecule has 0 rings (SSSR count). The smallest absolute Gasteiger partial charge is 0.303 e. The van der Waals surface area contributed by atoms with Crippen LogP contribution in [0.25, 0.3) is 0 Å². The highest BCUT2D eigenvalue weighted by molar-refractivity contribution is 5.66. The molecule has 0 bridgehead atoms. The lowest BCUT2D eigenvalue weighted by Crippen LogP contribution is -1.99. The van der Waals surface area contributed by atoms with Crippen molar-refractivity contribution in [2.45, 2.75) is 117 Å². The van der Waals surface area contributed by atoms with Crippen LogP contribution in [0.4, 0.5) is 0 Å². The summed E-state index contributed by atoms with van der Waals surface area (Å²) in [5.41, 5.74) is 0. The Kier molecular flexibility index (Phi) is 21.0. The summed E-state index contributed by atoms with van der Waals surface area (Å²) in [4.78, 5) is 10.4. The van der Waals surface area contributed by atoms with E-state index in [0.29, 0.717) is 6.42 Å². The van der Waals surface area contributed by atoms with Crippen LogP contribution < -0.4 is 0 Å². The normalized spacial score (nSPS) is 13.2. The molecule has 0 aromatic carbocycles. The lowest BCUT2D eigenvalue weighted by Gasteiger charge is -2.14. The summed E-state index contributed by atoms with van der Waals surface area (Å²) in [7, 11) is 0. The van der Waals surface area contributed by atoms with Crippen LogP contribution in [0.1, 0.15) is 117 Å². The summed E-state index contributed by atoms with van der Waals surface area (Å²) < 4.78 is 0. The van der Waals surface area contributed by atoms with Crippen molar-refractivity contribution in [2.75, 3.05) is 0 Å². The van der Waals surface area contributed by atoms with Crippen LogP contribution in [0, 0.1) is 5.92 Å². The van der Waals surface area contributed by atoms with E-state index in [1.54, 1.807) is 0 Å². The molecule has 0 spiro atoms. The van der Waals surface area contributed by atoms with Crippen LogP contribution in [0.5, 0.6) is 0 Å². The van der Waals surface area contributed by atoms with Crippen molar-refractivity contribution in [1.82, 2.24) is 0 Å². The predicted molar refractivity (Wildman–Crippen MR) is 124 cm³/mol. The van der Waals surface area contributed by atoms with Gasteiger partial charge >= 0.3 is 5.97 Å². The Morgan fingerprint density at radius 3 is 2.00 bits per heavy atom. The molecule has 0 radical (unpaired) electrons. The van der Waals surface area contributed by atoms with E-state index in [1.807, 2.05) is 0 Å². The van der Waals surface area contributed by atoms with Crippen molar-refractivity contribution in [3.8, 4) is 0 Å². The van der Waals surface area contributed by atoms with Crippen LogP contribution in [-0.2, 0) is 4.79 Å². The number of rotatable bonds is 20. The maximum atomic E-state index is 10.4. The van der Waals surface area contributed by atoms with Gasteiger partial charge in [0, 0.05) is 6.42 Å². The Labute approximate surface area is 175 Å². The third-order valence-corrected chi connectivity index (χ3v) is 5.21. The second kappa shape index (κ2) is 22.0. The Balaban J connectivity index is 3.73. The number of hydrogen-bond acceptors (Lipinski definition) is 1. The minimum absolute atomic E-state index is 0.304. The molecule has 2 nitrogen and oxygen atoms in total. The predicted octanol–water partition coefficient (Wildman–Crippen LogP) is 8.64. The highest BCUT2D eigenvalue weighted by Gasteiger charge is 2.06. The Bertz CT molecular complexity index is 420. The number of aliphatic carboxylic acids is 1. The summed E-state index contributed by atoms with van der Waals surface area (Å²) in [5.74, 6) is 0.202. The van der Waals surface area contributed by atoms with Crippen molar-refractivity contribution in [2.24, 2.45) is 5.92 Å². The molecule has 28 heavy (non-hydrogen) atoms. The van der Waals surface area contributed by atoms with Crippen LogP contribution >= 0.6 is 0 Å². The average Bonchev–Trinajstić information content (AvgIpc) is 2.68. The van der Waals surface area contributed by atoms with Crippen molar-refractivity contribution in [3.63, 3.8) is 0 Å². The molecule has 0 aliphatic heterocycles. The number of carboxylic acid groups (broad SMARTS) is 1. The first kappa shape index (κ1) is 26.7. The minimum atomic E-state index is -0.682. The minimum Gasteiger partial charge on any atom is -0.481 e. The molecule has 0 aromatic rings. The van der Waals surface area contributed by atoms with Crippen LogP contribution in [0.2, 0.25) is 0 Å². The van der Waals surface area contributed by atoms with E-state index in [0.717, 1.165) is 44.4 Å². The lowest BCUT2D eigenvalue weighted by molar-refractivity contribution is -0.137. The highest BCUT2D eigenvalue weighted by Crippen LogP contribution is 2.21.